The molecule has 5 rings (SSSR count). The van der Waals surface area contributed by atoms with Crippen molar-refractivity contribution in [3.05, 3.63) is 76.3 Å². The molecule has 0 saturated carbocycles. The molecule has 1 saturated heterocycles. The number of anilines is 2. The highest BCUT2D eigenvalue weighted by Gasteiger charge is 2.20. The standard InChI is InChI=1S/C27H27ClN6O/c1-17-4-9-23(28)22(14-17)21-16-25-24(15-18(21)2)30-27(32-31-25)29-20-7-5-19(6-8-20)26(35)34-12-10-33(3)11-13-34/h4-9,14-16H,10-13H2,1-3H3,(H,29,30,32). The Hall–Kier alpha value is -3.55. The number of nitrogens with one attached hydrogen (secondary N) is 1. The van der Waals surface area contributed by atoms with Crippen LogP contribution in [-0.2, 0) is 0 Å². The van der Waals surface area contributed by atoms with Crippen LogP contribution in [0.4, 0.5) is 11.6 Å². The zero-order chi connectivity index (χ0) is 24.5. The summed E-state index contributed by atoms with van der Waals surface area (Å²) in [6.07, 6.45) is 0. The fourth-order valence-electron chi connectivity index (χ4n) is 4.29. The van der Waals surface area contributed by atoms with Gasteiger partial charge < -0.3 is 15.1 Å². The fourth-order valence-corrected chi connectivity index (χ4v) is 4.51. The van der Waals surface area contributed by atoms with Crippen LogP contribution in [0.2, 0.25) is 5.02 Å². The Balaban J connectivity index is 1.34. The Morgan fingerprint density at radius 3 is 2.37 bits per heavy atom. The van der Waals surface area contributed by atoms with Crippen LogP contribution < -0.4 is 5.32 Å². The molecule has 1 aliphatic rings. The maximum atomic E-state index is 12.8. The van der Waals surface area contributed by atoms with Gasteiger partial charge in [-0.15, -0.1) is 10.2 Å². The van der Waals surface area contributed by atoms with Gasteiger partial charge in [-0.25, -0.2) is 4.98 Å². The third-order valence-electron chi connectivity index (χ3n) is 6.39. The highest BCUT2D eigenvalue weighted by molar-refractivity contribution is 6.33. The summed E-state index contributed by atoms with van der Waals surface area (Å²) < 4.78 is 0. The molecule has 0 unspecified atom stereocenters. The number of carbonyl (C=O) groups is 1. The fraction of sp³-hybridized carbons (Fsp3) is 0.259. The first-order chi connectivity index (χ1) is 16.9. The summed E-state index contributed by atoms with van der Waals surface area (Å²) in [6, 6.07) is 17.4. The van der Waals surface area contributed by atoms with E-state index in [-0.39, 0.29) is 5.91 Å². The van der Waals surface area contributed by atoms with Gasteiger partial charge in [0.15, 0.2) is 0 Å². The van der Waals surface area contributed by atoms with Crippen molar-refractivity contribution >= 4 is 40.2 Å². The third kappa shape index (κ3) is 4.97. The molecule has 2 heterocycles. The molecular weight excluding hydrogens is 460 g/mol. The largest absolute Gasteiger partial charge is 0.336 e. The number of aryl methyl sites for hydroxylation is 2. The summed E-state index contributed by atoms with van der Waals surface area (Å²) in [5, 5.41) is 12.5. The number of likely N-dealkylation sites (N-methyl/N-ethyl adjacent to an activating group) is 1. The molecule has 1 aromatic heterocycles. The van der Waals surface area contributed by atoms with Gasteiger partial charge >= 0.3 is 0 Å². The molecule has 0 aliphatic carbocycles. The highest BCUT2D eigenvalue weighted by atomic mass is 35.5. The first kappa shape index (κ1) is 23.2. The number of nitrogens with zero attached hydrogens (tertiary/aromatic N) is 5. The molecule has 0 spiro atoms. The minimum absolute atomic E-state index is 0.0632. The van der Waals surface area contributed by atoms with Crippen molar-refractivity contribution in [1.29, 1.82) is 0 Å². The van der Waals surface area contributed by atoms with Gasteiger partial charge in [0.05, 0.1) is 5.52 Å². The number of fused-ring (bicyclic) bond motifs is 1. The van der Waals surface area contributed by atoms with Gasteiger partial charge in [0.25, 0.3) is 5.91 Å². The highest BCUT2D eigenvalue weighted by Crippen LogP contribution is 2.33. The Bertz CT molecular complexity index is 1400. The first-order valence-corrected chi connectivity index (χ1v) is 12.0. The summed E-state index contributed by atoms with van der Waals surface area (Å²) in [7, 11) is 2.08. The van der Waals surface area contributed by atoms with Gasteiger partial charge in [-0.3, -0.25) is 4.79 Å². The van der Waals surface area contributed by atoms with E-state index in [2.05, 4.69) is 38.5 Å². The van der Waals surface area contributed by atoms with E-state index in [0.29, 0.717) is 22.1 Å². The molecule has 178 valence electrons. The quantitative estimate of drug-likeness (QED) is 0.433. The van der Waals surface area contributed by atoms with E-state index >= 15 is 0 Å². The van der Waals surface area contributed by atoms with Crippen molar-refractivity contribution in [1.82, 2.24) is 25.0 Å². The minimum atomic E-state index is 0.0632. The van der Waals surface area contributed by atoms with Gasteiger partial charge in [-0.2, -0.15) is 0 Å². The van der Waals surface area contributed by atoms with E-state index < -0.39 is 0 Å². The molecule has 0 bridgehead atoms. The predicted molar refractivity (Wildman–Crippen MR) is 140 cm³/mol. The maximum absolute atomic E-state index is 12.8. The number of halogens is 1. The van der Waals surface area contributed by atoms with Gasteiger partial charge in [0.1, 0.15) is 5.52 Å². The van der Waals surface area contributed by atoms with Crippen molar-refractivity contribution in [3.63, 3.8) is 0 Å². The lowest BCUT2D eigenvalue weighted by atomic mass is 9.98. The number of amides is 1. The molecule has 35 heavy (non-hydrogen) atoms. The Labute approximate surface area is 209 Å². The number of rotatable bonds is 4. The molecule has 0 atom stereocenters. The van der Waals surface area contributed by atoms with E-state index in [1.165, 1.54) is 0 Å². The molecule has 0 radical (unpaired) electrons. The number of carbonyl (C=O) groups excluding carboxylic acids is 1. The summed E-state index contributed by atoms with van der Waals surface area (Å²) in [4.78, 5) is 21.5. The Morgan fingerprint density at radius 2 is 1.63 bits per heavy atom. The number of benzene rings is 3. The van der Waals surface area contributed by atoms with Crippen LogP contribution in [0, 0.1) is 13.8 Å². The molecular formula is C27H27ClN6O. The normalized spacial score (nSPS) is 14.3. The summed E-state index contributed by atoms with van der Waals surface area (Å²) in [5.41, 5.74) is 7.10. The summed E-state index contributed by atoms with van der Waals surface area (Å²) in [5.74, 6) is 0.463. The average molecular weight is 487 g/mol. The molecule has 1 N–H and O–H groups in total. The SMILES string of the molecule is Cc1ccc(Cl)c(-c2cc3nnc(Nc4ccc(C(=O)N5CCN(C)CC5)cc4)nc3cc2C)c1. The van der Waals surface area contributed by atoms with Crippen molar-refractivity contribution in [2.45, 2.75) is 13.8 Å². The van der Waals surface area contributed by atoms with E-state index in [4.69, 9.17) is 11.6 Å². The topological polar surface area (TPSA) is 74.2 Å². The van der Waals surface area contributed by atoms with Crippen LogP contribution in [0.1, 0.15) is 21.5 Å². The van der Waals surface area contributed by atoms with Crippen molar-refractivity contribution in [2.24, 2.45) is 0 Å². The van der Waals surface area contributed by atoms with Gasteiger partial charge in [0.2, 0.25) is 5.95 Å². The lowest BCUT2D eigenvalue weighted by Crippen LogP contribution is -2.47. The van der Waals surface area contributed by atoms with E-state index in [1.807, 2.05) is 67.3 Å². The zero-order valence-electron chi connectivity index (χ0n) is 20.0. The Kier molecular flexibility index (Phi) is 6.36. The Morgan fingerprint density at radius 1 is 0.886 bits per heavy atom. The molecule has 1 fully saturated rings. The average Bonchev–Trinajstić information content (AvgIpc) is 2.86. The second-order valence-corrected chi connectivity index (χ2v) is 9.48. The second kappa shape index (κ2) is 9.60. The van der Waals surface area contributed by atoms with Crippen LogP contribution in [0.3, 0.4) is 0 Å². The monoisotopic (exact) mass is 486 g/mol. The van der Waals surface area contributed by atoms with E-state index in [1.54, 1.807) is 0 Å². The number of hydrogen-bond donors (Lipinski definition) is 1. The molecule has 7 nitrogen and oxygen atoms in total. The van der Waals surface area contributed by atoms with Crippen LogP contribution in [-0.4, -0.2) is 64.1 Å². The van der Waals surface area contributed by atoms with E-state index in [0.717, 1.165) is 59.6 Å². The van der Waals surface area contributed by atoms with Crippen LogP contribution >= 0.6 is 11.6 Å². The smallest absolute Gasteiger partial charge is 0.253 e. The molecule has 8 heteroatoms. The number of aromatic nitrogens is 3. The summed E-state index contributed by atoms with van der Waals surface area (Å²) in [6.45, 7) is 7.39. The van der Waals surface area contributed by atoms with Crippen LogP contribution in [0.25, 0.3) is 22.2 Å². The third-order valence-corrected chi connectivity index (χ3v) is 6.72. The van der Waals surface area contributed by atoms with Crippen molar-refractivity contribution in [2.75, 3.05) is 38.5 Å². The van der Waals surface area contributed by atoms with E-state index in [9.17, 15) is 4.79 Å². The lowest BCUT2D eigenvalue weighted by molar-refractivity contribution is 0.0664. The molecule has 1 amide bonds. The first-order valence-electron chi connectivity index (χ1n) is 11.6. The van der Waals surface area contributed by atoms with Gasteiger partial charge in [-0.05, 0) is 80.6 Å². The zero-order valence-corrected chi connectivity index (χ0v) is 20.8. The van der Waals surface area contributed by atoms with Gasteiger partial charge in [-0.1, -0.05) is 23.2 Å². The molecule has 3 aromatic carbocycles. The number of piperazine rings is 1. The van der Waals surface area contributed by atoms with Crippen molar-refractivity contribution < 1.29 is 4.79 Å². The summed E-state index contributed by atoms with van der Waals surface area (Å²) >= 11 is 6.46. The minimum Gasteiger partial charge on any atom is -0.336 e. The number of hydrogen-bond acceptors (Lipinski definition) is 6. The molecule has 1 aliphatic heterocycles. The molecule has 4 aromatic rings. The maximum Gasteiger partial charge on any atom is 0.253 e. The predicted octanol–water partition coefficient (Wildman–Crippen LogP) is 5.09. The van der Waals surface area contributed by atoms with Gasteiger partial charge in [0, 0.05) is 48.0 Å². The van der Waals surface area contributed by atoms with Crippen molar-refractivity contribution in [3.8, 4) is 11.1 Å². The lowest BCUT2D eigenvalue weighted by Gasteiger charge is -2.32. The van der Waals surface area contributed by atoms with Crippen LogP contribution in [0.15, 0.2) is 54.6 Å². The van der Waals surface area contributed by atoms with Crippen LogP contribution in [0.5, 0.6) is 0 Å². The second-order valence-electron chi connectivity index (χ2n) is 9.07.